The maximum Gasteiger partial charge on any atom is 0.306 e. The van der Waals surface area contributed by atoms with Crippen LogP contribution < -0.4 is 0 Å². The summed E-state index contributed by atoms with van der Waals surface area (Å²) in [6, 6.07) is 0. The summed E-state index contributed by atoms with van der Waals surface area (Å²) < 4.78 is 16.8. The van der Waals surface area contributed by atoms with Crippen molar-refractivity contribution in [1.29, 1.82) is 0 Å². The van der Waals surface area contributed by atoms with Crippen LogP contribution in [0.2, 0.25) is 0 Å². The predicted octanol–water partition coefficient (Wildman–Crippen LogP) is 16.7. The first kappa shape index (κ1) is 57.4. The van der Waals surface area contributed by atoms with Gasteiger partial charge in [0, 0.05) is 19.3 Å². The van der Waals surface area contributed by atoms with E-state index in [0.717, 1.165) is 96.3 Å². The van der Waals surface area contributed by atoms with Gasteiger partial charge in [0.05, 0.1) is 0 Å². The third-order valence-electron chi connectivity index (χ3n) is 11.1. The van der Waals surface area contributed by atoms with Crippen LogP contribution in [0.25, 0.3) is 0 Å². The van der Waals surface area contributed by atoms with Crippen molar-refractivity contribution < 1.29 is 28.6 Å². The molecule has 0 saturated carbocycles. The molecule has 0 aliphatic carbocycles. The van der Waals surface area contributed by atoms with Crippen LogP contribution in [0.4, 0.5) is 0 Å². The van der Waals surface area contributed by atoms with Crippen molar-refractivity contribution in [1.82, 2.24) is 0 Å². The fourth-order valence-electron chi connectivity index (χ4n) is 7.26. The van der Waals surface area contributed by atoms with Gasteiger partial charge in [0.25, 0.3) is 0 Å². The molecule has 0 aliphatic heterocycles. The van der Waals surface area contributed by atoms with Crippen molar-refractivity contribution in [2.75, 3.05) is 13.2 Å². The van der Waals surface area contributed by atoms with Crippen LogP contribution >= 0.6 is 0 Å². The number of carbonyl (C=O) groups excluding carboxylic acids is 3. The summed E-state index contributed by atoms with van der Waals surface area (Å²) in [6.45, 7) is 6.51. The molecule has 6 heteroatoms. The molecule has 0 radical (unpaired) electrons. The Hall–Kier alpha value is -2.63. The van der Waals surface area contributed by atoms with Crippen LogP contribution in [0.1, 0.15) is 258 Å². The van der Waals surface area contributed by atoms with Crippen LogP contribution in [-0.4, -0.2) is 37.2 Å². The fraction of sp³-hybridized carbons (Fsp3) is 0.796. The summed E-state index contributed by atoms with van der Waals surface area (Å²) >= 11 is 0. The first-order valence-electron chi connectivity index (χ1n) is 25.6. The molecule has 0 spiro atoms. The second-order valence-electron chi connectivity index (χ2n) is 17.1. The van der Waals surface area contributed by atoms with Crippen LogP contribution in [0.3, 0.4) is 0 Å². The Morgan fingerprint density at radius 2 is 0.650 bits per heavy atom. The smallest absolute Gasteiger partial charge is 0.306 e. The minimum atomic E-state index is -0.777. The first-order chi connectivity index (χ1) is 29.5. The third kappa shape index (κ3) is 46.4. The van der Waals surface area contributed by atoms with E-state index in [0.29, 0.717) is 19.3 Å². The van der Waals surface area contributed by atoms with Crippen LogP contribution in [0.5, 0.6) is 0 Å². The topological polar surface area (TPSA) is 78.9 Å². The molecule has 0 aromatic heterocycles. The van der Waals surface area contributed by atoms with E-state index in [1.807, 2.05) is 0 Å². The number of ether oxygens (including phenoxy) is 3. The first-order valence-corrected chi connectivity index (χ1v) is 25.6. The van der Waals surface area contributed by atoms with Crippen molar-refractivity contribution >= 4 is 17.9 Å². The number of unbranched alkanes of at least 4 members (excludes halogenated alkanes) is 27. The highest BCUT2D eigenvalue weighted by molar-refractivity contribution is 5.71. The van der Waals surface area contributed by atoms with Gasteiger partial charge in [0.2, 0.25) is 0 Å². The van der Waals surface area contributed by atoms with Gasteiger partial charge in [-0.25, -0.2) is 0 Å². The minimum Gasteiger partial charge on any atom is -0.462 e. The summed E-state index contributed by atoms with van der Waals surface area (Å²) in [4.78, 5) is 37.9. The highest BCUT2D eigenvalue weighted by Crippen LogP contribution is 2.15. The average Bonchev–Trinajstić information content (AvgIpc) is 3.24. The Bertz CT molecular complexity index is 1060. The van der Waals surface area contributed by atoms with E-state index in [9.17, 15) is 14.4 Å². The summed E-state index contributed by atoms with van der Waals surface area (Å²) in [5.41, 5.74) is 0. The quantitative estimate of drug-likeness (QED) is 0.0263. The monoisotopic (exact) mass is 841 g/mol. The lowest BCUT2D eigenvalue weighted by Crippen LogP contribution is -2.30. The minimum absolute atomic E-state index is 0.0774. The standard InChI is InChI=1S/C54H96O6/c1-4-7-10-13-16-19-22-25-26-27-28-30-32-35-38-41-44-47-53(56)59-50-51(49-58-52(55)46-43-40-37-34-31-24-21-18-15-12-9-6-3)60-54(57)48-45-42-39-36-33-29-23-20-17-14-11-8-5-2/h7,10,16,19,25-26,28,30,51H,4-6,8-9,11-15,17-18,20-24,27,29,31-50H2,1-3H3/b10-7-,19-16-,26-25-,30-28-/t51-/m0/s1. The Morgan fingerprint density at radius 1 is 0.350 bits per heavy atom. The largest absolute Gasteiger partial charge is 0.462 e. The van der Waals surface area contributed by atoms with Crippen molar-refractivity contribution in [3.05, 3.63) is 48.6 Å². The second kappa shape index (κ2) is 49.0. The molecule has 0 amide bonds. The molecule has 0 aromatic rings. The predicted molar refractivity (Wildman–Crippen MR) is 256 cm³/mol. The number of esters is 3. The molecule has 0 bridgehead atoms. The number of rotatable bonds is 46. The molecule has 0 saturated heterocycles. The zero-order valence-corrected chi connectivity index (χ0v) is 39.7. The lowest BCUT2D eigenvalue weighted by molar-refractivity contribution is -0.167. The lowest BCUT2D eigenvalue weighted by Gasteiger charge is -2.18. The molecule has 6 nitrogen and oxygen atoms in total. The maximum absolute atomic E-state index is 12.8. The Balaban J connectivity index is 4.39. The highest BCUT2D eigenvalue weighted by atomic mass is 16.6. The van der Waals surface area contributed by atoms with Crippen molar-refractivity contribution in [3.8, 4) is 0 Å². The number of allylic oxidation sites excluding steroid dienone is 8. The molecule has 348 valence electrons. The van der Waals surface area contributed by atoms with E-state index >= 15 is 0 Å². The normalized spacial score (nSPS) is 12.4. The molecule has 0 aliphatic rings. The molecule has 0 rings (SSSR count). The molecule has 0 N–H and O–H groups in total. The molecular weight excluding hydrogens is 745 g/mol. The third-order valence-corrected chi connectivity index (χ3v) is 11.1. The Morgan fingerprint density at radius 3 is 1.02 bits per heavy atom. The zero-order chi connectivity index (χ0) is 43.7. The van der Waals surface area contributed by atoms with Gasteiger partial charge in [-0.1, -0.05) is 230 Å². The highest BCUT2D eigenvalue weighted by Gasteiger charge is 2.19. The van der Waals surface area contributed by atoms with Crippen LogP contribution in [0.15, 0.2) is 48.6 Å². The summed E-state index contributed by atoms with van der Waals surface area (Å²) in [7, 11) is 0. The van der Waals surface area contributed by atoms with Gasteiger partial charge in [-0.15, -0.1) is 0 Å². The summed E-state index contributed by atoms with van der Waals surface area (Å²) in [6.07, 6.45) is 58.0. The van der Waals surface area contributed by atoms with E-state index in [2.05, 4.69) is 69.4 Å². The van der Waals surface area contributed by atoms with Gasteiger partial charge < -0.3 is 14.2 Å². The van der Waals surface area contributed by atoms with E-state index in [1.165, 1.54) is 122 Å². The Kier molecular flexibility index (Phi) is 46.9. The van der Waals surface area contributed by atoms with Gasteiger partial charge in [-0.3, -0.25) is 14.4 Å². The number of carbonyl (C=O) groups is 3. The van der Waals surface area contributed by atoms with Crippen LogP contribution in [0, 0.1) is 0 Å². The lowest BCUT2D eigenvalue weighted by atomic mass is 10.0. The maximum atomic E-state index is 12.8. The van der Waals surface area contributed by atoms with Crippen LogP contribution in [-0.2, 0) is 28.6 Å². The SMILES string of the molecule is CC/C=C\C/C=C\C/C=C\C/C=C\CCCCCCC(=O)OC[C@H](COC(=O)CCCCCCCCCCCCCC)OC(=O)CCCCCCCCCCCCCCC. The molecule has 60 heavy (non-hydrogen) atoms. The number of hydrogen-bond donors (Lipinski definition) is 0. The second-order valence-corrected chi connectivity index (χ2v) is 17.1. The average molecular weight is 841 g/mol. The fourth-order valence-corrected chi connectivity index (χ4v) is 7.26. The van der Waals surface area contributed by atoms with Gasteiger partial charge in [-0.05, 0) is 57.8 Å². The molecule has 0 aromatic carbocycles. The molecule has 0 fully saturated rings. The summed E-state index contributed by atoms with van der Waals surface area (Å²) in [5, 5.41) is 0. The van der Waals surface area contributed by atoms with Crippen molar-refractivity contribution in [2.45, 2.75) is 264 Å². The van der Waals surface area contributed by atoms with E-state index < -0.39 is 6.10 Å². The molecular formula is C54H96O6. The van der Waals surface area contributed by atoms with Gasteiger partial charge >= 0.3 is 17.9 Å². The molecule has 0 unspecified atom stereocenters. The van der Waals surface area contributed by atoms with Gasteiger partial charge in [0.15, 0.2) is 6.10 Å². The molecule has 1 atom stereocenters. The van der Waals surface area contributed by atoms with Gasteiger partial charge in [-0.2, -0.15) is 0 Å². The van der Waals surface area contributed by atoms with E-state index in [-0.39, 0.29) is 31.1 Å². The molecule has 0 heterocycles. The van der Waals surface area contributed by atoms with E-state index in [4.69, 9.17) is 14.2 Å². The summed E-state index contributed by atoms with van der Waals surface area (Å²) in [5.74, 6) is -0.894. The zero-order valence-electron chi connectivity index (χ0n) is 39.7. The van der Waals surface area contributed by atoms with Gasteiger partial charge in [0.1, 0.15) is 13.2 Å². The van der Waals surface area contributed by atoms with E-state index in [1.54, 1.807) is 0 Å². The van der Waals surface area contributed by atoms with Crippen molar-refractivity contribution in [3.63, 3.8) is 0 Å². The Labute approximate surface area is 371 Å². The van der Waals surface area contributed by atoms with Crippen molar-refractivity contribution in [2.24, 2.45) is 0 Å². The number of hydrogen-bond acceptors (Lipinski definition) is 6.